The monoisotopic (exact) mass is 392 g/mol. The van der Waals surface area contributed by atoms with E-state index < -0.39 is 0 Å². The number of benzene rings is 1. The molecule has 0 bridgehead atoms. The van der Waals surface area contributed by atoms with Crippen molar-refractivity contribution in [3.05, 3.63) is 60.0 Å². The Morgan fingerprint density at radius 3 is 2.48 bits per heavy atom. The van der Waals surface area contributed by atoms with Gasteiger partial charge in [-0.15, -0.1) is 0 Å². The van der Waals surface area contributed by atoms with Crippen molar-refractivity contribution in [2.24, 2.45) is 0 Å². The molecular weight excluding hydrogens is 364 g/mol. The van der Waals surface area contributed by atoms with Crippen molar-refractivity contribution in [1.82, 2.24) is 19.2 Å². The van der Waals surface area contributed by atoms with E-state index in [0.717, 1.165) is 43.2 Å². The van der Waals surface area contributed by atoms with Crippen molar-refractivity contribution in [3.63, 3.8) is 0 Å². The fraction of sp³-hybridized carbons (Fsp3) is 0.364. The molecule has 1 N–H and O–H groups in total. The lowest BCUT2D eigenvalue weighted by molar-refractivity contribution is 0.102. The molecule has 3 heterocycles. The van der Waals surface area contributed by atoms with Gasteiger partial charge >= 0.3 is 0 Å². The summed E-state index contributed by atoms with van der Waals surface area (Å²) < 4.78 is 1.98. The van der Waals surface area contributed by atoms with Gasteiger partial charge in [0.05, 0.1) is 5.69 Å². The standard InChI is InChI=1S/C22H28N6O/c1-25(2)16-19-21(24-20-6-4-5-11-28(19)20)22(29)23-17-7-9-18(10-8-17)27-14-12-26(3)13-15-27/h4-11H,12-16H2,1-3H3,(H,23,29). The molecule has 7 nitrogen and oxygen atoms in total. The number of carbonyl (C=O) groups excluding carboxylic acids is 1. The van der Waals surface area contributed by atoms with Crippen LogP contribution in [0.5, 0.6) is 0 Å². The van der Waals surface area contributed by atoms with Crippen LogP contribution in [0.4, 0.5) is 11.4 Å². The lowest BCUT2D eigenvalue weighted by Crippen LogP contribution is -2.44. The van der Waals surface area contributed by atoms with Crippen LogP contribution in [0.25, 0.3) is 5.65 Å². The van der Waals surface area contributed by atoms with Crippen LogP contribution in [0.2, 0.25) is 0 Å². The number of likely N-dealkylation sites (N-methyl/N-ethyl adjacent to an activating group) is 1. The number of rotatable bonds is 5. The smallest absolute Gasteiger partial charge is 0.276 e. The second-order valence-corrected chi connectivity index (χ2v) is 7.87. The Kier molecular flexibility index (Phi) is 5.51. The first-order valence-corrected chi connectivity index (χ1v) is 9.97. The minimum atomic E-state index is -0.183. The van der Waals surface area contributed by atoms with Crippen LogP contribution in [0, 0.1) is 0 Å². The summed E-state index contributed by atoms with van der Waals surface area (Å²) in [7, 11) is 6.13. The Hall–Kier alpha value is -2.90. The zero-order valence-electron chi connectivity index (χ0n) is 17.3. The minimum Gasteiger partial charge on any atom is -0.369 e. The van der Waals surface area contributed by atoms with E-state index in [4.69, 9.17) is 0 Å². The number of anilines is 2. The molecule has 152 valence electrons. The summed E-state index contributed by atoms with van der Waals surface area (Å²) in [6.07, 6.45) is 1.95. The summed E-state index contributed by atoms with van der Waals surface area (Å²) in [5.41, 5.74) is 4.10. The molecule has 0 atom stereocenters. The summed E-state index contributed by atoms with van der Waals surface area (Å²) >= 11 is 0. The van der Waals surface area contributed by atoms with E-state index >= 15 is 0 Å². The molecule has 3 aromatic rings. The first-order valence-electron chi connectivity index (χ1n) is 9.97. The highest BCUT2D eigenvalue weighted by molar-refractivity contribution is 6.04. The van der Waals surface area contributed by atoms with E-state index in [1.165, 1.54) is 5.69 Å². The highest BCUT2D eigenvalue weighted by Crippen LogP contribution is 2.21. The Labute approximate surface area is 171 Å². The average molecular weight is 393 g/mol. The van der Waals surface area contributed by atoms with Gasteiger partial charge in [0.15, 0.2) is 5.69 Å². The molecule has 4 rings (SSSR count). The number of piperazine rings is 1. The second-order valence-electron chi connectivity index (χ2n) is 7.87. The van der Waals surface area contributed by atoms with Gasteiger partial charge in [0.25, 0.3) is 5.91 Å². The molecule has 0 spiro atoms. The maximum absolute atomic E-state index is 13.0. The molecule has 0 aliphatic carbocycles. The van der Waals surface area contributed by atoms with Crippen molar-refractivity contribution in [2.75, 3.05) is 57.5 Å². The largest absolute Gasteiger partial charge is 0.369 e. The number of hydrogen-bond acceptors (Lipinski definition) is 5. The number of imidazole rings is 1. The molecule has 1 aromatic carbocycles. The highest BCUT2D eigenvalue weighted by atomic mass is 16.1. The third kappa shape index (κ3) is 4.26. The number of hydrogen-bond donors (Lipinski definition) is 1. The van der Waals surface area contributed by atoms with Gasteiger partial charge in [0.2, 0.25) is 0 Å². The molecule has 0 radical (unpaired) electrons. The average Bonchev–Trinajstić information content (AvgIpc) is 3.07. The zero-order chi connectivity index (χ0) is 20.4. The van der Waals surface area contributed by atoms with E-state index in [1.807, 2.05) is 59.9 Å². The van der Waals surface area contributed by atoms with Gasteiger partial charge in [0.1, 0.15) is 5.65 Å². The van der Waals surface area contributed by atoms with E-state index in [2.05, 4.69) is 39.3 Å². The van der Waals surface area contributed by atoms with Gasteiger partial charge in [-0.25, -0.2) is 4.98 Å². The van der Waals surface area contributed by atoms with Crippen molar-refractivity contribution in [1.29, 1.82) is 0 Å². The lowest BCUT2D eigenvalue weighted by Gasteiger charge is -2.34. The molecule has 1 fully saturated rings. The first-order chi connectivity index (χ1) is 14.0. The fourth-order valence-corrected chi connectivity index (χ4v) is 3.69. The van der Waals surface area contributed by atoms with Crippen LogP contribution in [-0.2, 0) is 6.54 Å². The SMILES string of the molecule is CN(C)Cc1c(C(=O)Nc2ccc(N3CCN(C)CC3)cc2)nc2ccccn12. The Morgan fingerprint density at radius 1 is 1.07 bits per heavy atom. The number of carbonyl (C=O) groups is 1. The van der Waals surface area contributed by atoms with E-state index in [1.54, 1.807) is 0 Å². The predicted octanol–water partition coefficient (Wildman–Crippen LogP) is 2.40. The molecule has 1 aliphatic heterocycles. The van der Waals surface area contributed by atoms with Gasteiger partial charge in [-0.2, -0.15) is 0 Å². The molecule has 1 aliphatic rings. The van der Waals surface area contributed by atoms with Gasteiger partial charge in [-0.3, -0.25) is 4.79 Å². The quantitative estimate of drug-likeness (QED) is 0.723. The Balaban J connectivity index is 1.52. The van der Waals surface area contributed by atoms with Crippen LogP contribution in [0.15, 0.2) is 48.7 Å². The van der Waals surface area contributed by atoms with Crippen molar-refractivity contribution < 1.29 is 4.79 Å². The van der Waals surface area contributed by atoms with Crippen molar-refractivity contribution in [3.8, 4) is 0 Å². The van der Waals surface area contributed by atoms with E-state index in [9.17, 15) is 4.79 Å². The Morgan fingerprint density at radius 2 is 1.79 bits per heavy atom. The lowest BCUT2D eigenvalue weighted by atomic mass is 10.2. The van der Waals surface area contributed by atoms with Crippen LogP contribution in [0.1, 0.15) is 16.2 Å². The number of pyridine rings is 1. The Bertz CT molecular complexity index is 986. The molecule has 1 saturated heterocycles. The van der Waals surface area contributed by atoms with Gasteiger partial charge < -0.3 is 24.4 Å². The highest BCUT2D eigenvalue weighted by Gasteiger charge is 2.20. The van der Waals surface area contributed by atoms with Gasteiger partial charge in [-0.05, 0) is 57.5 Å². The number of aromatic nitrogens is 2. The van der Waals surface area contributed by atoms with Crippen LogP contribution >= 0.6 is 0 Å². The van der Waals surface area contributed by atoms with Gasteiger partial charge in [-0.1, -0.05) is 6.07 Å². The molecule has 2 aromatic heterocycles. The van der Waals surface area contributed by atoms with Crippen LogP contribution in [-0.4, -0.2) is 72.4 Å². The predicted molar refractivity (Wildman–Crippen MR) is 117 cm³/mol. The van der Waals surface area contributed by atoms with Gasteiger partial charge in [0, 0.05) is 50.3 Å². The van der Waals surface area contributed by atoms with E-state index in [-0.39, 0.29) is 5.91 Å². The number of fused-ring (bicyclic) bond motifs is 1. The maximum Gasteiger partial charge on any atom is 0.276 e. The summed E-state index contributed by atoms with van der Waals surface area (Å²) in [6, 6.07) is 13.9. The number of nitrogens with one attached hydrogen (secondary N) is 1. The second kappa shape index (κ2) is 8.23. The van der Waals surface area contributed by atoms with Crippen LogP contribution < -0.4 is 10.2 Å². The molecule has 0 saturated carbocycles. The third-order valence-corrected chi connectivity index (χ3v) is 5.30. The molecular formula is C22H28N6O. The minimum absolute atomic E-state index is 0.183. The summed E-state index contributed by atoms with van der Waals surface area (Å²) in [5.74, 6) is -0.183. The zero-order valence-corrected chi connectivity index (χ0v) is 17.3. The number of nitrogens with zero attached hydrogens (tertiary/aromatic N) is 5. The molecule has 1 amide bonds. The molecule has 29 heavy (non-hydrogen) atoms. The summed E-state index contributed by atoms with van der Waals surface area (Å²) in [4.78, 5) is 24.3. The summed E-state index contributed by atoms with van der Waals surface area (Å²) in [6.45, 7) is 4.83. The normalized spacial score (nSPS) is 15.2. The maximum atomic E-state index is 13.0. The number of amides is 1. The molecule has 7 heteroatoms. The summed E-state index contributed by atoms with van der Waals surface area (Å²) in [5, 5.41) is 3.01. The first kappa shape index (κ1) is 19.4. The molecule has 0 unspecified atom stereocenters. The van der Waals surface area contributed by atoms with Crippen molar-refractivity contribution >= 4 is 22.9 Å². The van der Waals surface area contributed by atoms with Crippen LogP contribution in [0.3, 0.4) is 0 Å². The van der Waals surface area contributed by atoms with Crippen molar-refractivity contribution in [2.45, 2.75) is 6.54 Å². The fourth-order valence-electron chi connectivity index (χ4n) is 3.69. The van der Waals surface area contributed by atoms with E-state index in [0.29, 0.717) is 12.2 Å². The third-order valence-electron chi connectivity index (χ3n) is 5.30. The topological polar surface area (TPSA) is 56.1 Å².